The number of carbonyl (C=O) groups excluding carboxylic acids is 2. The Balaban J connectivity index is 0.000000336. The Labute approximate surface area is 491 Å². The number of sulfonamides is 2. The number of carbonyl (C=O) groups is 2. The van der Waals surface area contributed by atoms with Gasteiger partial charge in [-0.05, 0) is 97.2 Å². The first-order chi connectivity index (χ1) is 36.5. The number of benzene rings is 4. The molecule has 2 saturated heterocycles. The second kappa shape index (κ2) is 30.5. The SMILES string of the molecule is CC(C)CN(C[C@@H](OP(=O)(O)O)[C@H](Cc1ccccc1)N(C(=O)[O-])[C@H]1CCOC1)S(=O)(=O)c1ccc(N)cc1.CC(C)CN(C[C@@H](OP(=O)(O)O)[C@H](Cc1ccccc1)N(C(=O)[O-])[C@H]1CCOC1)S(=O)(=O)c1ccc(N)cc1.[Ca+2]. The van der Waals surface area contributed by atoms with Crippen molar-refractivity contribution in [2.45, 2.75) is 99.5 Å². The van der Waals surface area contributed by atoms with E-state index in [1.54, 1.807) is 88.4 Å². The van der Waals surface area contributed by atoms with Crippen LogP contribution in [-0.4, -0.2) is 194 Å². The zero-order chi connectivity index (χ0) is 57.6. The van der Waals surface area contributed by atoms with Gasteiger partial charge in [0, 0.05) is 50.8 Å². The Bertz CT molecular complexity index is 2670. The van der Waals surface area contributed by atoms with E-state index in [1.807, 2.05) is 0 Å². The molecule has 2 heterocycles. The van der Waals surface area contributed by atoms with E-state index in [1.165, 1.54) is 48.5 Å². The number of nitrogens with two attached hydrogens (primary N) is 2. The van der Waals surface area contributed by atoms with Gasteiger partial charge in [0.05, 0.1) is 47.2 Å². The quantitative estimate of drug-likeness (QED) is 0.0299. The van der Waals surface area contributed by atoms with Crippen LogP contribution < -0.4 is 21.7 Å². The molecular weight excluding hydrogens is 1140 g/mol. The van der Waals surface area contributed by atoms with Crippen molar-refractivity contribution < 1.29 is 83.9 Å². The molecule has 8 N–H and O–H groups in total. The summed E-state index contributed by atoms with van der Waals surface area (Å²) in [5.41, 5.74) is 13.5. The smallest absolute Gasteiger partial charge is 0.530 e. The van der Waals surface area contributed by atoms with Gasteiger partial charge in [-0.1, -0.05) is 88.4 Å². The van der Waals surface area contributed by atoms with Crippen LogP contribution in [0.25, 0.3) is 0 Å². The normalized spacial score (nSPS) is 17.6. The van der Waals surface area contributed by atoms with Gasteiger partial charge in [-0.25, -0.2) is 26.0 Å². The third-order valence-corrected chi connectivity index (χ3v) is 17.4. The van der Waals surface area contributed by atoms with Gasteiger partial charge < -0.3 is 70.1 Å². The van der Waals surface area contributed by atoms with Crippen molar-refractivity contribution in [1.29, 1.82) is 0 Å². The van der Waals surface area contributed by atoms with Crippen LogP contribution in [0.3, 0.4) is 0 Å². The molecule has 0 bridgehead atoms. The standard InChI is InChI=1S/2C25H36N3O9PS.Ca/c2*1-18(2)15-27(39(34,35)22-10-8-20(26)9-11-22)16-24(37-38(31,32)33)23(14-19-6-4-3-5-7-19)28(25(29)30)21-12-13-36-17-21;/h2*3-11,18,21,23-24H,12-17,26H2,1-2H3,(H,29,30)(H2,31,32,33);/q;;+2/p-2/t2*21-,23-,24+;/m00./s1. The van der Waals surface area contributed by atoms with Crippen molar-refractivity contribution in [2.24, 2.45) is 11.8 Å². The van der Waals surface area contributed by atoms with E-state index < -0.39 is 97.3 Å². The predicted molar refractivity (Wildman–Crippen MR) is 289 cm³/mol. The Morgan fingerprint density at radius 2 is 0.899 bits per heavy atom. The fraction of sp³-hybridized carbons (Fsp3) is 0.480. The molecule has 6 rings (SSSR count). The molecule has 0 spiro atoms. The molecule has 2 aliphatic rings. The maximum atomic E-state index is 13.7. The Morgan fingerprint density at radius 1 is 0.582 bits per heavy atom. The van der Waals surface area contributed by atoms with Gasteiger partial charge in [0.15, 0.2) is 0 Å². The molecule has 6 atom stereocenters. The van der Waals surface area contributed by atoms with Crippen molar-refractivity contribution in [3.8, 4) is 0 Å². The molecule has 4 aromatic carbocycles. The zero-order valence-electron chi connectivity index (χ0n) is 44.4. The summed E-state index contributed by atoms with van der Waals surface area (Å²) in [6, 6.07) is 24.7. The molecule has 2 amide bonds. The van der Waals surface area contributed by atoms with Gasteiger partial charge in [-0.3, -0.25) is 9.05 Å². The van der Waals surface area contributed by atoms with E-state index in [9.17, 15) is 65.3 Å². The number of hydrogen-bond acceptors (Lipinski definition) is 16. The molecule has 29 heteroatoms. The van der Waals surface area contributed by atoms with Crippen LogP contribution in [-0.2, 0) is 60.5 Å². The molecule has 2 aliphatic heterocycles. The van der Waals surface area contributed by atoms with Crippen LogP contribution in [0, 0.1) is 11.8 Å². The summed E-state index contributed by atoms with van der Waals surface area (Å²) in [7, 11) is -18.8. The maximum absolute atomic E-state index is 13.7. The van der Waals surface area contributed by atoms with Crippen LogP contribution >= 0.6 is 15.6 Å². The van der Waals surface area contributed by atoms with Crippen molar-refractivity contribution in [1.82, 2.24) is 18.4 Å². The number of ether oxygens (including phenoxy) is 2. The Hall–Kier alpha value is -3.76. The number of hydrogen-bond donors (Lipinski definition) is 6. The largest absolute Gasteiger partial charge is 2.00 e. The Morgan fingerprint density at radius 3 is 1.15 bits per heavy atom. The summed E-state index contributed by atoms with van der Waals surface area (Å²) in [5, 5.41) is 24.9. The second-order valence-electron chi connectivity index (χ2n) is 19.7. The van der Waals surface area contributed by atoms with Gasteiger partial charge in [0.1, 0.15) is 24.4 Å². The van der Waals surface area contributed by atoms with Crippen molar-refractivity contribution in [3.63, 3.8) is 0 Å². The van der Waals surface area contributed by atoms with Gasteiger partial charge in [-0.15, -0.1) is 0 Å². The number of nitrogen functional groups attached to an aromatic ring is 2. The molecular formula is C50H70CaN6O18P2S2. The van der Waals surface area contributed by atoms with Crippen molar-refractivity contribution in [2.75, 3.05) is 64.1 Å². The first-order valence-corrected chi connectivity index (χ1v) is 30.9. The minimum Gasteiger partial charge on any atom is -0.530 e. The summed E-state index contributed by atoms with van der Waals surface area (Å²) < 4.78 is 102. The third-order valence-electron chi connectivity index (χ3n) is 12.7. The average molecular weight is 1210 g/mol. The summed E-state index contributed by atoms with van der Waals surface area (Å²) >= 11 is 0. The zero-order valence-corrected chi connectivity index (χ0v) is 50.0. The fourth-order valence-corrected chi connectivity index (χ4v) is 13.6. The third kappa shape index (κ3) is 20.9. The van der Waals surface area contributed by atoms with E-state index in [0.717, 1.165) is 18.4 Å². The van der Waals surface area contributed by atoms with E-state index in [4.69, 9.17) is 30.0 Å². The molecule has 4 aromatic rings. The van der Waals surface area contributed by atoms with Gasteiger partial charge >= 0.3 is 53.4 Å². The van der Waals surface area contributed by atoms with E-state index >= 15 is 0 Å². The maximum Gasteiger partial charge on any atom is 2.00 e. The number of nitrogens with zero attached hydrogens (tertiary/aromatic N) is 4. The minimum absolute atomic E-state index is 0. The molecule has 24 nitrogen and oxygen atoms in total. The predicted octanol–water partition coefficient (Wildman–Crippen LogP) is 2.50. The topological polar surface area (TPSA) is 366 Å². The molecule has 432 valence electrons. The van der Waals surface area contributed by atoms with Crippen LogP contribution in [0.2, 0.25) is 0 Å². The summed E-state index contributed by atoms with van der Waals surface area (Å²) in [4.78, 5) is 66.1. The van der Waals surface area contributed by atoms with Crippen LogP contribution in [0.1, 0.15) is 51.7 Å². The summed E-state index contributed by atoms with van der Waals surface area (Å²) in [6.45, 7) is 6.73. The van der Waals surface area contributed by atoms with E-state index in [-0.39, 0.29) is 98.5 Å². The van der Waals surface area contributed by atoms with Gasteiger partial charge in [0.25, 0.3) is 0 Å². The molecule has 0 radical (unpaired) electrons. The first-order valence-electron chi connectivity index (χ1n) is 25.0. The number of amides is 2. The van der Waals surface area contributed by atoms with E-state index in [0.29, 0.717) is 48.6 Å². The number of phosphoric acid groups is 2. The number of anilines is 2. The molecule has 0 saturated carbocycles. The minimum atomic E-state index is -5.21. The number of phosphoric ester groups is 2. The molecule has 2 fully saturated rings. The van der Waals surface area contributed by atoms with Crippen LogP contribution in [0.4, 0.5) is 21.0 Å². The van der Waals surface area contributed by atoms with Crippen LogP contribution in [0.5, 0.6) is 0 Å². The number of carboxylic acid groups (broad SMARTS) is 2. The summed E-state index contributed by atoms with van der Waals surface area (Å²) in [5.74, 6) is -0.366. The molecule has 0 aliphatic carbocycles. The Kier molecular flexibility index (Phi) is 26.2. The first kappa shape index (κ1) is 67.7. The second-order valence-corrected chi connectivity index (χ2v) is 26.0. The van der Waals surface area contributed by atoms with Gasteiger partial charge in [0.2, 0.25) is 20.0 Å². The van der Waals surface area contributed by atoms with Gasteiger partial charge in [-0.2, -0.15) is 8.61 Å². The molecule has 0 aromatic heterocycles. The molecule has 79 heavy (non-hydrogen) atoms. The average Bonchev–Trinajstić information content (AvgIpc) is 4.09. The fourth-order valence-electron chi connectivity index (χ4n) is 9.26. The molecule has 0 unspecified atom stereocenters. The van der Waals surface area contributed by atoms with Crippen molar-refractivity contribution in [3.05, 3.63) is 120 Å². The summed E-state index contributed by atoms with van der Waals surface area (Å²) in [6.07, 6.45) is -5.66. The van der Waals surface area contributed by atoms with Crippen LogP contribution in [0.15, 0.2) is 119 Å². The monoisotopic (exact) mass is 1210 g/mol. The van der Waals surface area contributed by atoms with E-state index in [2.05, 4.69) is 0 Å². The number of rotatable bonds is 26. The van der Waals surface area contributed by atoms with Crippen molar-refractivity contribution >= 4 is 97.0 Å².